The zero-order valence-corrected chi connectivity index (χ0v) is 17.7. The number of fused-ring (bicyclic) bond motifs is 1. The van der Waals surface area contributed by atoms with Gasteiger partial charge in [0.15, 0.2) is 0 Å². The number of nitrogens with zero attached hydrogens (tertiary/aromatic N) is 2. The van der Waals surface area contributed by atoms with Gasteiger partial charge in [-0.1, -0.05) is 17.8 Å². The topological polar surface area (TPSA) is 94.7 Å². The van der Waals surface area contributed by atoms with Gasteiger partial charge in [-0.25, -0.2) is 4.90 Å². The standard InChI is InChI=1S/C22H22N4O4S/c27-20-10-16-9-14(1-2-17(16)24-20)19(26-21(28)13-31-22(26)29)11-18-15(3-4-23-18)12-25-5-7-30-8-6-25/h1-4,9,11,23H,5-8,10,12-13H2,(H,24,27). The van der Waals surface area contributed by atoms with E-state index in [4.69, 9.17) is 4.74 Å². The minimum absolute atomic E-state index is 0.0567. The normalized spacial score (nSPS) is 19.8. The number of benzene rings is 1. The Hall–Kier alpha value is -2.88. The lowest BCUT2D eigenvalue weighted by Gasteiger charge is -2.26. The molecule has 0 radical (unpaired) electrons. The number of thioether (sulfide) groups is 1. The first-order valence-corrected chi connectivity index (χ1v) is 11.2. The Morgan fingerprint density at radius 2 is 2.00 bits per heavy atom. The van der Waals surface area contributed by atoms with Crippen molar-refractivity contribution >= 4 is 46.3 Å². The number of nitrogens with one attached hydrogen (secondary N) is 2. The van der Waals surface area contributed by atoms with Crippen LogP contribution in [0, 0.1) is 0 Å². The van der Waals surface area contributed by atoms with E-state index in [-0.39, 0.29) is 29.2 Å². The molecule has 31 heavy (non-hydrogen) atoms. The van der Waals surface area contributed by atoms with Crippen molar-refractivity contribution in [3.63, 3.8) is 0 Å². The van der Waals surface area contributed by atoms with Crippen LogP contribution in [0.2, 0.25) is 0 Å². The van der Waals surface area contributed by atoms with Crippen molar-refractivity contribution in [2.24, 2.45) is 0 Å². The summed E-state index contributed by atoms with van der Waals surface area (Å²) in [5.74, 6) is -0.164. The van der Waals surface area contributed by atoms with Crippen molar-refractivity contribution in [3.05, 3.63) is 52.8 Å². The fraction of sp³-hybridized carbons (Fsp3) is 0.318. The molecular weight excluding hydrogens is 416 g/mol. The quantitative estimate of drug-likeness (QED) is 0.745. The summed E-state index contributed by atoms with van der Waals surface area (Å²) >= 11 is 1.01. The molecule has 0 atom stereocenters. The zero-order chi connectivity index (χ0) is 21.4. The van der Waals surface area contributed by atoms with Crippen LogP contribution in [0.3, 0.4) is 0 Å². The van der Waals surface area contributed by atoms with E-state index in [0.717, 1.165) is 72.7 Å². The van der Waals surface area contributed by atoms with Gasteiger partial charge >= 0.3 is 0 Å². The number of imide groups is 1. The fourth-order valence-electron chi connectivity index (χ4n) is 4.08. The molecule has 2 N–H and O–H groups in total. The SMILES string of the molecule is O=C1Cc2cc(C(=Cc3[nH]ccc3CN3CCOCC3)N3C(=O)CSC3=O)ccc2N1. The van der Waals surface area contributed by atoms with E-state index in [9.17, 15) is 14.4 Å². The minimum atomic E-state index is -0.285. The summed E-state index contributed by atoms with van der Waals surface area (Å²) in [4.78, 5) is 43.7. The Balaban J connectivity index is 1.53. The molecule has 9 heteroatoms. The van der Waals surface area contributed by atoms with Crippen LogP contribution >= 0.6 is 11.8 Å². The highest BCUT2D eigenvalue weighted by atomic mass is 32.2. The van der Waals surface area contributed by atoms with E-state index < -0.39 is 0 Å². The summed E-state index contributed by atoms with van der Waals surface area (Å²) in [6.07, 6.45) is 4.02. The van der Waals surface area contributed by atoms with Gasteiger partial charge in [0.05, 0.1) is 31.1 Å². The Morgan fingerprint density at radius 1 is 1.16 bits per heavy atom. The van der Waals surface area contributed by atoms with Crippen LogP contribution in [-0.2, 0) is 27.3 Å². The first-order valence-electron chi connectivity index (χ1n) is 10.2. The van der Waals surface area contributed by atoms with Crippen molar-refractivity contribution in [3.8, 4) is 0 Å². The highest BCUT2D eigenvalue weighted by Crippen LogP contribution is 2.34. The highest BCUT2D eigenvalue weighted by Gasteiger charge is 2.34. The van der Waals surface area contributed by atoms with Gasteiger partial charge in [-0.15, -0.1) is 0 Å². The van der Waals surface area contributed by atoms with Gasteiger partial charge in [0.25, 0.3) is 5.24 Å². The Labute approximate surface area is 183 Å². The monoisotopic (exact) mass is 438 g/mol. The number of morpholine rings is 1. The second kappa shape index (κ2) is 8.33. The third-order valence-corrected chi connectivity index (χ3v) is 6.49. The molecule has 0 bridgehead atoms. The maximum Gasteiger partial charge on any atom is 0.293 e. The van der Waals surface area contributed by atoms with E-state index in [0.29, 0.717) is 5.70 Å². The molecule has 4 heterocycles. The van der Waals surface area contributed by atoms with Crippen molar-refractivity contribution in [2.75, 3.05) is 37.4 Å². The van der Waals surface area contributed by atoms with Crippen LogP contribution in [-0.4, -0.2) is 63.9 Å². The van der Waals surface area contributed by atoms with Gasteiger partial charge in [-0.3, -0.25) is 19.3 Å². The van der Waals surface area contributed by atoms with Gasteiger partial charge in [0.1, 0.15) is 0 Å². The molecule has 0 spiro atoms. The predicted molar refractivity (Wildman–Crippen MR) is 118 cm³/mol. The minimum Gasteiger partial charge on any atom is -0.379 e. The third kappa shape index (κ3) is 4.04. The third-order valence-electron chi connectivity index (χ3n) is 5.67. The average Bonchev–Trinajstić information content (AvgIpc) is 3.45. The van der Waals surface area contributed by atoms with Gasteiger partial charge in [0.2, 0.25) is 11.8 Å². The number of hydrogen-bond acceptors (Lipinski definition) is 6. The fourth-order valence-corrected chi connectivity index (χ4v) is 4.78. The maximum atomic E-state index is 12.6. The van der Waals surface area contributed by atoms with Crippen LogP contribution in [0.1, 0.15) is 22.4 Å². The lowest BCUT2D eigenvalue weighted by Crippen LogP contribution is -2.35. The van der Waals surface area contributed by atoms with Crippen molar-refractivity contribution < 1.29 is 19.1 Å². The van der Waals surface area contributed by atoms with Crippen LogP contribution in [0.15, 0.2) is 30.5 Å². The van der Waals surface area contributed by atoms with Gasteiger partial charge in [-0.2, -0.15) is 0 Å². The van der Waals surface area contributed by atoms with Crippen LogP contribution < -0.4 is 5.32 Å². The lowest BCUT2D eigenvalue weighted by atomic mass is 10.0. The summed E-state index contributed by atoms with van der Waals surface area (Å²) in [5.41, 5.74) is 4.83. The largest absolute Gasteiger partial charge is 0.379 e. The number of rotatable bonds is 5. The van der Waals surface area contributed by atoms with E-state index >= 15 is 0 Å². The van der Waals surface area contributed by atoms with Crippen LogP contribution in [0.25, 0.3) is 11.8 Å². The molecule has 2 fully saturated rings. The second-order valence-electron chi connectivity index (χ2n) is 7.72. The number of ether oxygens (including phenoxy) is 1. The summed E-state index contributed by atoms with van der Waals surface area (Å²) in [6.45, 7) is 3.93. The number of carbonyl (C=O) groups is 3. The van der Waals surface area contributed by atoms with Gasteiger partial charge < -0.3 is 15.0 Å². The smallest absolute Gasteiger partial charge is 0.293 e. The van der Waals surface area contributed by atoms with Gasteiger partial charge in [-0.05, 0) is 41.0 Å². The Kier molecular flexibility index (Phi) is 5.39. The first kappa shape index (κ1) is 20.0. The van der Waals surface area contributed by atoms with E-state index in [2.05, 4.69) is 15.2 Å². The number of amides is 3. The summed E-state index contributed by atoms with van der Waals surface area (Å²) in [5, 5.41) is 2.53. The lowest BCUT2D eigenvalue weighted by molar-refractivity contribution is -0.122. The molecule has 8 nitrogen and oxygen atoms in total. The first-order chi connectivity index (χ1) is 15.1. The number of H-pyrrole nitrogens is 1. The molecule has 160 valence electrons. The molecule has 3 amide bonds. The van der Waals surface area contributed by atoms with Crippen molar-refractivity contribution in [2.45, 2.75) is 13.0 Å². The van der Waals surface area contributed by atoms with Crippen LogP contribution in [0.5, 0.6) is 0 Å². The molecule has 0 unspecified atom stereocenters. The maximum absolute atomic E-state index is 12.6. The number of aromatic nitrogens is 1. The number of anilines is 1. The molecule has 5 rings (SSSR count). The highest BCUT2D eigenvalue weighted by molar-refractivity contribution is 8.14. The van der Waals surface area contributed by atoms with Crippen molar-refractivity contribution in [1.82, 2.24) is 14.8 Å². The Morgan fingerprint density at radius 3 is 2.77 bits per heavy atom. The molecule has 0 saturated carbocycles. The number of aromatic amines is 1. The molecule has 2 saturated heterocycles. The molecule has 3 aliphatic heterocycles. The molecule has 1 aromatic carbocycles. The second-order valence-corrected chi connectivity index (χ2v) is 8.64. The summed E-state index contributed by atoms with van der Waals surface area (Å²) in [7, 11) is 0. The summed E-state index contributed by atoms with van der Waals surface area (Å²) in [6, 6.07) is 7.56. The molecule has 3 aliphatic rings. The van der Waals surface area contributed by atoms with E-state index in [1.807, 2.05) is 36.5 Å². The molecule has 0 aliphatic carbocycles. The van der Waals surface area contributed by atoms with E-state index in [1.54, 1.807) is 0 Å². The predicted octanol–water partition coefficient (Wildman–Crippen LogP) is 2.54. The molecular formula is C22H22N4O4S. The van der Waals surface area contributed by atoms with Gasteiger partial charge in [0, 0.05) is 37.2 Å². The Bertz CT molecular complexity index is 1070. The van der Waals surface area contributed by atoms with Crippen molar-refractivity contribution in [1.29, 1.82) is 0 Å². The van der Waals surface area contributed by atoms with Crippen LogP contribution in [0.4, 0.5) is 10.5 Å². The zero-order valence-electron chi connectivity index (χ0n) is 16.8. The molecule has 1 aromatic heterocycles. The summed E-state index contributed by atoms with van der Waals surface area (Å²) < 4.78 is 5.43. The average molecular weight is 439 g/mol. The number of hydrogen-bond donors (Lipinski definition) is 2. The number of carbonyl (C=O) groups excluding carboxylic acids is 3. The molecule has 2 aromatic rings. The van der Waals surface area contributed by atoms with E-state index in [1.165, 1.54) is 4.90 Å².